The van der Waals surface area contributed by atoms with Crippen molar-refractivity contribution in [2.75, 3.05) is 11.6 Å². The summed E-state index contributed by atoms with van der Waals surface area (Å²) in [4.78, 5) is 0.282. The number of H-pyrrole nitrogens is 1. The number of anilines is 1. The lowest BCUT2D eigenvalue weighted by Gasteiger charge is -2.12. The van der Waals surface area contributed by atoms with Crippen LogP contribution in [0.25, 0.3) is 10.9 Å². The molecule has 0 spiro atoms. The Balaban J connectivity index is 1.90. The fourth-order valence-corrected chi connectivity index (χ4v) is 3.78. The highest BCUT2D eigenvalue weighted by molar-refractivity contribution is 7.90. The van der Waals surface area contributed by atoms with Crippen molar-refractivity contribution in [2.45, 2.75) is 31.8 Å². The Hall–Kier alpha value is -2.65. The van der Waals surface area contributed by atoms with Crippen LogP contribution >= 0.6 is 12.2 Å². The van der Waals surface area contributed by atoms with Crippen LogP contribution in [0.15, 0.2) is 41.3 Å². The summed E-state index contributed by atoms with van der Waals surface area (Å²) < 4.78 is 29.3. The highest BCUT2D eigenvalue weighted by Gasteiger charge is 2.14. The molecule has 1 heterocycles. The Morgan fingerprint density at radius 2 is 1.93 bits per heavy atom. The van der Waals surface area contributed by atoms with Crippen LogP contribution in [0.2, 0.25) is 0 Å². The number of sulfone groups is 1. The van der Waals surface area contributed by atoms with E-state index in [1.165, 1.54) is 6.26 Å². The van der Waals surface area contributed by atoms with E-state index in [9.17, 15) is 8.42 Å². The number of ether oxygens (including phenoxy) is 1. The van der Waals surface area contributed by atoms with Crippen LogP contribution < -0.4 is 15.8 Å². The van der Waals surface area contributed by atoms with E-state index < -0.39 is 9.84 Å². The van der Waals surface area contributed by atoms with E-state index in [2.05, 4.69) is 29.4 Å². The van der Waals surface area contributed by atoms with Crippen molar-refractivity contribution in [3.05, 3.63) is 47.5 Å². The second-order valence-electron chi connectivity index (χ2n) is 7.38. The molecule has 4 N–H and O–H groups in total. The predicted molar refractivity (Wildman–Crippen MR) is 119 cm³/mol. The minimum absolute atomic E-state index is 0.140. The van der Waals surface area contributed by atoms with Gasteiger partial charge in [0, 0.05) is 11.6 Å². The molecular weight excluding hydrogens is 408 g/mol. The summed E-state index contributed by atoms with van der Waals surface area (Å²) in [5.74, 6) is 1.69. The van der Waals surface area contributed by atoms with Gasteiger partial charge >= 0.3 is 0 Å². The molecule has 7 nitrogen and oxygen atoms in total. The monoisotopic (exact) mass is 432 g/mol. The number of nitrogens with zero attached hydrogens (tertiary/aromatic N) is 1. The van der Waals surface area contributed by atoms with Crippen molar-refractivity contribution < 1.29 is 13.2 Å². The summed E-state index contributed by atoms with van der Waals surface area (Å²) in [6.07, 6.45) is 2.07. The van der Waals surface area contributed by atoms with E-state index in [1.807, 2.05) is 12.1 Å². The van der Waals surface area contributed by atoms with Crippen molar-refractivity contribution in [3.8, 4) is 5.75 Å². The maximum absolute atomic E-state index is 11.6. The van der Waals surface area contributed by atoms with E-state index in [0.717, 1.165) is 28.5 Å². The summed E-state index contributed by atoms with van der Waals surface area (Å²) >= 11 is 4.93. The topological polar surface area (TPSA) is 110 Å². The molecule has 1 aromatic heterocycles. The third-order valence-electron chi connectivity index (χ3n) is 4.33. The molecule has 29 heavy (non-hydrogen) atoms. The largest absolute Gasteiger partial charge is 0.487 e. The standard InChI is InChI=1S/C20H24N4O3S2/c1-12(2)8-14-9-16-18(23-24-19(16)22-20(21)28)17(10-14)27-11-13-4-6-15(7-5-13)29(3,25)26/h4-7,9-10,12H,8,11H2,1-3H3,(H4,21,22,23,24,28). The Labute approximate surface area is 175 Å². The fourth-order valence-electron chi connectivity index (χ4n) is 3.06. The third-order valence-corrected chi connectivity index (χ3v) is 5.56. The van der Waals surface area contributed by atoms with Crippen molar-refractivity contribution in [1.82, 2.24) is 10.2 Å². The lowest BCUT2D eigenvalue weighted by Crippen LogP contribution is -2.19. The number of fused-ring (bicyclic) bond motifs is 1. The minimum atomic E-state index is -3.22. The number of aromatic nitrogens is 2. The molecule has 0 fully saturated rings. The van der Waals surface area contributed by atoms with Crippen LogP contribution in [0.5, 0.6) is 5.75 Å². The van der Waals surface area contributed by atoms with Crippen LogP contribution in [-0.2, 0) is 22.9 Å². The zero-order valence-corrected chi connectivity index (χ0v) is 18.2. The average molecular weight is 433 g/mol. The van der Waals surface area contributed by atoms with E-state index in [4.69, 9.17) is 22.7 Å². The van der Waals surface area contributed by atoms with Crippen LogP contribution in [0, 0.1) is 5.92 Å². The highest BCUT2D eigenvalue weighted by atomic mass is 32.2. The van der Waals surface area contributed by atoms with Gasteiger partial charge in [-0.05, 0) is 59.9 Å². The number of thiocarbonyl (C=S) groups is 1. The number of nitrogens with one attached hydrogen (secondary N) is 2. The van der Waals surface area contributed by atoms with Gasteiger partial charge in [0.15, 0.2) is 20.8 Å². The molecule has 0 saturated carbocycles. The average Bonchev–Trinajstić information content (AvgIpc) is 3.01. The lowest BCUT2D eigenvalue weighted by molar-refractivity contribution is 0.309. The third kappa shape index (κ3) is 5.24. The van der Waals surface area contributed by atoms with Gasteiger partial charge in [-0.1, -0.05) is 26.0 Å². The van der Waals surface area contributed by atoms with Gasteiger partial charge in [-0.2, -0.15) is 5.10 Å². The molecule has 3 aromatic rings. The molecule has 0 aliphatic carbocycles. The molecular formula is C20H24N4O3S2. The van der Waals surface area contributed by atoms with Crippen LogP contribution in [0.3, 0.4) is 0 Å². The zero-order chi connectivity index (χ0) is 21.2. The van der Waals surface area contributed by atoms with E-state index in [1.54, 1.807) is 24.3 Å². The highest BCUT2D eigenvalue weighted by Crippen LogP contribution is 2.32. The quantitative estimate of drug-likeness (QED) is 0.491. The molecule has 2 aromatic carbocycles. The van der Waals surface area contributed by atoms with Gasteiger partial charge in [-0.3, -0.25) is 5.10 Å². The minimum Gasteiger partial charge on any atom is -0.487 e. The molecule has 0 atom stereocenters. The van der Waals surface area contributed by atoms with Gasteiger partial charge in [0.05, 0.1) is 4.90 Å². The Morgan fingerprint density at radius 3 is 2.52 bits per heavy atom. The molecule has 0 amide bonds. The first-order chi connectivity index (χ1) is 13.6. The van der Waals surface area contributed by atoms with Gasteiger partial charge in [-0.25, -0.2) is 8.42 Å². The van der Waals surface area contributed by atoms with Crippen LogP contribution in [0.4, 0.5) is 5.82 Å². The van der Waals surface area contributed by atoms with Crippen LogP contribution in [0.1, 0.15) is 25.0 Å². The van der Waals surface area contributed by atoms with E-state index in [0.29, 0.717) is 24.1 Å². The van der Waals surface area contributed by atoms with Crippen LogP contribution in [-0.4, -0.2) is 30.0 Å². The van der Waals surface area contributed by atoms with Gasteiger partial charge in [-0.15, -0.1) is 0 Å². The number of nitrogens with two attached hydrogens (primary N) is 1. The van der Waals surface area contributed by atoms with Gasteiger partial charge < -0.3 is 15.8 Å². The molecule has 3 rings (SSSR count). The first-order valence-corrected chi connectivity index (χ1v) is 11.4. The predicted octanol–water partition coefficient (Wildman–Crippen LogP) is 3.40. The molecule has 0 unspecified atom stereocenters. The van der Waals surface area contributed by atoms with E-state index in [-0.39, 0.29) is 10.0 Å². The number of aromatic amines is 1. The van der Waals surface area contributed by atoms with Gasteiger partial charge in [0.2, 0.25) is 0 Å². The summed E-state index contributed by atoms with van der Waals surface area (Å²) in [5, 5.41) is 11.1. The number of benzene rings is 2. The molecule has 0 saturated heterocycles. The number of hydrogen-bond acceptors (Lipinski definition) is 5. The molecule has 0 aliphatic rings. The Morgan fingerprint density at radius 1 is 1.24 bits per heavy atom. The molecule has 9 heteroatoms. The fraction of sp³-hybridized carbons (Fsp3) is 0.300. The van der Waals surface area contributed by atoms with Gasteiger partial charge in [0.25, 0.3) is 0 Å². The lowest BCUT2D eigenvalue weighted by atomic mass is 10.0. The maximum atomic E-state index is 11.6. The first kappa shape index (κ1) is 21.1. The van der Waals surface area contributed by atoms with Crippen molar-refractivity contribution in [3.63, 3.8) is 0 Å². The van der Waals surface area contributed by atoms with Gasteiger partial charge in [0.1, 0.15) is 17.9 Å². The molecule has 0 aliphatic heterocycles. The van der Waals surface area contributed by atoms with Crippen molar-refractivity contribution >= 4 is 43.9 Å². The zero-order valence-electron chi connectivity index (χ0n) is 16.5. The number of hydrogen-bond donors (Lipinski definition) is 3. The maximum Gasteiger partial charge on any atom is 0.175 e. The van der Waals surface area contributed by atoms with E-state index >= 15 is 0 Å². The Bertz CT molecular complexity index is 1140. The van der Waals surface area contributed by atoms with Crippen molar-refractivity contribution in [1.29, 1.82) is 0 Å². The molecule has 0 radical (unpaired) electrons. The molecule has 154 valence electrons. The summed E-state index contributed by atoms with van der Waals surface area (Å²) in [7, 11) is -3.22. The molecule has 0 bridgehead atoms. The second-order valence-corrected chi connectivity index (χ2v) is 9.84. The summed E-state index contributed by atoms with van der Waals surface area (Å²) in [5.41, 5.74) is 8.32. The second kappa shape index (κ2) is 8.38. The summed E-state index contributed by atoms with van der Waals surface area (Å²) in [6, 6.07) is 10.7. The normalized spacial score (nSPS) is 11.7. The first-order valence-electron chi connectivity index (χ1n) is 9.12. The number of rotatable bonds is 7. The van der Waals surface area contributed by atoms with Crippen molar-refractivity contribution in [2.24, 2.45) is 11.7 Å². The summed E-state index contributed by atoms with van der Waals surface area (Å²) in [6.45, 7) is 4.59. The smallest absolute Gasteiger partial charge is 0.175 e. The Kier molecular flexibility index (Phi) is 6.09. The SMILES string of the molecule is CC(C)Cc1cc(OCc2ccc(S(C)(=O)=O)cc2)c2[nH]nc(NC(N)=S)c2c1.